The SMILES string of the molecule is CN(c1cccc(F)c1)c1c(F)cc(/C(N)=N/O)cc1F. The third-order valence-electron chi connectivity index (χ3n) is 2.95. The zero-order valence-electron chi connectivity index (χ0n) is 11.0. The Morgan fingerprint density at radius 1 is 1.14 bits per heavy atom. The van der Waals surface area contributed by atoms with Crippen LogP contribution in [0.4, 0.5) is 24.5 Å². The van der Waals surface area contributed by atoms with Crippen LogP contribution in [0.25, 0.3) is 0 Å². The molecule has 0 spiro atoms. The van der Waals surface area contributed by atoms with Gasteiger partial charge in [-0.2, -0.15) is 0 Å². The summed E-state index contributed by atoms with van der Waals surface area (Å²) in [7, 11) is 1.40. The van der Waals surface area contributed by atoms with E-state index < -0.39 is 23.3 Å². The van der Waals surface area contributed by atoms with Crippen LogP contribution in [0.15, 0.2) is 41.6 Å². The van der Waals surface area contributed by atoms with Crippen molar-refractivity contribution in [1.29, 1.82) is 0 Å². The monoisotopic (exact) mass is 295 g/mol. The highest BCUT2D eigenvalue weighted by atomic mass is 19.1. The smallest absolute Gasteiger partial charge is 0.170 e. The Labute approximate surface area is 118 Å². The molecule has 0 aromatic heterocycles. The van der Waals surface area contributed by atoms with Crippen molar-refractivity contribution in [3.05, 3.63) is 59.4 Å². The molecule has 0 radical (unpaired) electrons. The topological polar surface area (TPSA) is 61.8 Å². The third kappa shape index (κ3) is 2.91. The van der Waals surface area contributed by atoms with E-state index in [9.17, 15) is 13.2 Å². The van der Waals surface area contributed by atoms with Crippen LogP contribution in [0, 0.1) is 17.5 Å². The van der Waals surface area contributed by atoms with Crippen LogP contribution in [0.2, 0.25) is 0 Å². The van der Waals surface area contributed by atoms with Crippen molar-refractivity contribution >= 4 is 17.2 Å². The molecule has 0 heterocycles. The van der Waals surface area contributed by atoms with Gasteiger partial charge in [0.05, 0.1) is 0 Å². The molecule has 0 saturated carbocycles. The summed E-state index contributed by atoms with van der Waals surface area (Å²) in [5.74, 6) is -2.76. The normalized spacial score (nSPS) is 11.5. The molecule has 0 fully saturated rings. The van der Waals surface area contributed by atoms with E-state index in [0.717, 1.165) is 18.2 Å². The molecule has 2 aromatic rings. The Balaban J connectivity index is 2.49. The number of hydrogen-bond acceptors (Lipinski definition) is 3. The molecule has 0 saturated heterocycles. The summed E-state index contributed by atoms with van der Waals surface area (Å²) in [6.45, 7) is 0. The molecular weight excluding hydrogens is 283 g/mol. The van der Waals surface area contributed by atoms with E-state index in [4.69, 9.17) is 10.9 Å². The fourth-order valence-electron chi connectivity index (χ4n) is 1.91. The molecule has 0 aliphatic rings. The summed E-state index contributed by atoms with van der Waals surface area (Å²) in [6.07, 6.45) is 0. The van der Waals surface area contributed by atoms with Crippen molar-refractivity contribution in [2.24, 2.45) is 10.9 Å². The summed E-state index contributed by atoms with van der Waals surface area (Å²) in [6, 6.07) is 7.19. The first-order valence-electron chi connectivity index (χ1n) is 5.90. The van der Waals surface area contributed by atoms with Gasteiger partial charge in [0.2, 0.25) is 0 Å². The summed E-state index contributed by atoms with van der Waals surface area (Å²) in [4.78, 5) is 1.17. The van der Waals surface area contributed by atoms with Gasteiger partial charge in [0.1, 0.15) is 11.5 Å². The molecule has 110 valence electrons. The van der Waals surface area contributed by atoms with Gasteiger partial charge in [-0.15, -0.1) is 0 Å². The maximum absolute atomic E-state index is 14.1. The van der Waals surface area contributed by atoms with E-state index in [2.05, 4.69) is 5.16 Å². The van der Waals surface area contributed by atoms with E-state index in [1.165, 1.54) is 30.1 Å². The zero-order chi connectivity index (χ0) is 15.6. The lowest BCUT2D eigenvalue weighted by Gasteiger charge is -2.21. The first-order chi connectivity index (χ1) is 9.93. The first kappa shape index (κ1) is 14.7. The van der Waals surface area contributed by atoms with Crippen LogP contribution < -0.4 is 10.6 Å². The number of rotatable bonds is 3. The number of hydrogen-bond donors (Lipinski definition) is 2. The summed E-state index contributed by atoms with van der Waals surface area (Å²) < 4.78 is 41.3. The molecule has 3 N–H and O–H groups in total. The van der Waals surface area contributed by atoms with Crippen molar-refractivity contribution in [1.82, 2.24) is 0 Å². The highest BCUT2D eigenvalue weighted by Gasteiger charge is 2.18. The summed E-state index contributed by atoms with van der Waals surface area (Å²) in [5, 5.41) is 11.2. The molecule has 0 bridgehead atoms. The third-order valence-corrected chi connectivity index (χ3v) is 2.95. The van der Waals surface area contributed by atoms with Crippen LogP contribution in [0.1, 0.15) is 5.56 Å². The number of nitrogens with two attached hydrogens (primary N) is 1. The van der Waals surface area contributed by atoms with E-state index in [1.54, 1.807) is 0 Å². The van der Waals surface area contributed by atoms with Gasteiger partial charge in [0.25, 0.3) is 0 Å². The van der Waals surface area contributed by atoms with Crippen LogP contribution in [-0.2, 0) is 0 Å². The van der Waals surface area contributed by atoms with Crippen LogP contribution >= 0.6 is 0 Å². The molecule has 2 rings (SSSR count). The fraction of sp³-hybridized carbons (Fsp3) is 0.0714. The average molecular weight is 295 g/mol. The van der Waals surface area contributed by atoms with Gasteiger partial charge < -0.3 is 15.8 Å². The minimum Gasteiger partial charge on any atom is -0.409 e. The summed E-state index contributed by atoms with van der Waals surface area (Å²) in [5.41, 5.74) is 5.12. The Morgan fingerprint density at radius 2 is 1.76 bits per heavy atom. The quantitative estimate of drug-likeness (QED) is 0.396. The molecule has 0 atom stereocenters. The Kier molecular flexibility index (Phi) is 4.02. The number of halogens is 3. The van der Waals surface area contributed by atoms with E-state index in [1.807, 2.05) is 0 Å². The number of amidine groups is 1. The number of nitrogens with zero attached hydrogens (tertiary/aromatic N) is 2. The van der Waals surface area contributed by atoms with E-state index in [-0.39, 0.29) is 16.9 Å². The first-order valence-corrected chi connectivity index (χ1v) is 5.90. The molecule has 21 heavy (non-hydrogen) atoms. The van der Waals surface area contributed by atoms with Gasteiger partial charge in [-0.1, -0.05) is 11.2 Å². The molecule has 4 nitrogen and oxygen atoms in total. The van der Waals surface area contributed by atoms with Crippen LogP contribution in [0.5, 0.6) is 0 Å². The number of oxime groups is 1. The standard InChI is InChI=1S/C14H12F3N3O/c1-20(10-4-2-3-9(15)7-10)13-11(16)5-8(6-12(13)17)14(18)19-21/h2-7,21H,1H3,(H2,18,19). The lowest BCUT2D eigenvalue weighted by Crippen LogP contribution is -2.17. The highest BCUT2D eigenvalue weighted by Crippen LogP contribution is 2.30. The zero-order valence-corrected chi connectivity index (χ0v) is 11.0. The van der Waals surface area contributed by atoms with Crippen molar-refractivity contribution in [2.75, 3.05) is 11.9 Å². The minimum atomic E-state index is -0.914. The van der Waals surface area contributed by atoms with Crippen molar-refractivity contribution in [3.63, 3.8) is 0 Å². The lowest BCUT2D eigenvalue weighted by molar-refractivity contribution is 0.318. The maximum Gasteiger partial charge on any atom is 0.170 e. The van der Waals surface area contributed by atoms with Gasteiger partial charge in [-0.3, -0.25) is 0 Å². The minimum absolute atomic E-state index is 0.0936. The number of anilines is 2. The van der Waals surface area contributed by atoms with Crippen molar-refractivity contribution in [3.8, 4) is 0 Å². The molecule has 0 aliphatic heterocycles. The van der Waals surface area contributed by atoms with Gasteiger partial charge in [-0.05, 0) is 30.3 Å². The summed E-state index contributed by atoms with van der Waals surface area (Å²) >= 11 is 0. The van der Waals surface area contributed by atoms with Gasteiger partial charge >= 0.3 is 0 Å². The van der Waals surface area contributed by atoms with Crippen LogP contribution in [-0.4, -0.2) is 18.1 Å². The lowest BCUT2D eigenvalue weighted by atomic mass is 10.1. The Morgan fingerprint density at radius 3 is 2.29 bits per heavy atom. The molecule has 0 unspecified atom stereocenters. The largest absolute Gasteiger partial charge is 0.409 e. The van der Waals surface area contributed by atoms with Crippen molar-refractivity contribution in [2.45, 2.75) is 0 Å². The van der Waals surface area contributed by atoms with Gasteiger partial charge in [0, 0.05) is 18.3 Å². The van der Waals surface area contributed by atoms with E-state index in [0.29, 0.717) is 0 Å². The van der Waals surface area contributed by atoms with E-state index >= 15 is 0 Å². The maximum atomic E-state index is 14.1. The van der Waals surface area contributed by atoms with Gasteiger partial charge in [-0.25, -0.2) is 13.2 Å². The average Bonchev–Trinajstić information content (AvgIpc) is 2.45. The molecule has 2 aromatic carbocycles. The predicted octanol–water partition coefficient (Wildman–Crippen LogP) is 2.97. The second-order valence-corrected chi connectivity index (χ2v) is 4.31. The molecular formula is C14H12F3N3O. The fourth-order valence-corrected chi connectivity index (χ4v) is 1.91. The van der Waals surface area contributed by atoms with Crippen LogP contribution in [0.3, 0.4) is 0 Å². The second kappa shape index (κ2) is 5.74. The second-order valence-electron chi connectivity index (χ2n) is 4.31. The Hall–Kier alpha value is -2.70. The highest BCUT2D eigenvalue weighted by molar-refractivity contribution is 5.97. The Bertz CT molecular complexity index is 681. The predicted molar refractivity (Wildman–Crippen MR) is 73.3 cm³/mol. The molecule has 7 heteroatoms. The van der Waals surface area contributed by atoms with Gasteiger partial charge in [0.15, 0.2) is 17.5 Å². The number of benzene rings is 2. The molecule has 0 aliphatic carbocycles. The molecule has 0 amide bonds. The van der Waals surface area contributed by atoms with Crippen molar-refractivity contribution < 1.29 is 18.4 Å².